The number of hydrogen-bond donors (Lipinski definition) is 1. The van der Waals surface area contributed by atoms with Crippen LogP contribution in [0.1, 0.15) is 13.8 Å². The molecule has 2 saturated heterocycles. The summed E-state index contributed by atoms with van der Waals surface area (Å²) >= 11 is 1.53. The van der Waals surface area contributed by atoms with Gasteiger partial charge in [-0.3, -0.25) is 9.79 Å². The summed E-state index contributed by atoms with van der Waals surface area (Å²) in [6, 6.07) is -1.29. The summed E-state index contributed by atoms with van der Waals surface area (Å²) in [5, 5.41) is 8.97. The smallest absolute Gasteiger partial charge is 0.330 e. The van der Waals surface area contributed by atoms with Gasteiger partial charge in [-0.2, -0.15) is 0 Å². The van der Waals surface area contributed by atoms with E-state index in [-0.39, 0.29) is 28.3 Å². The summed E-state index contributed by atoms with van der Waals surface area (Å²) in [4.78, 5) is 28.7. The molecule has 3 atom stereocenters. The molecule has 2 unspecified atom stereocenters. The zero-order chi connectivity index (χ0) is 12.7. The van der Waals surface area contributed by atoms with Gasteiger partial charge in [0.2, 0.25) is 0 Å². The minimum atomic E-state index is -1.01. The standard InChI is InChI=1S/C11H14N2O3S.BrH/c1-5(2)12-7-9(14)13-8(11(15)16)6(3)4-17-10(7)13;/h7-8,10H,3-4H2,1-2H3,(H,15,16);1H/t7?,8?,10-;/m0./s1. The van der Waals surface area contributed by atoms with Crippen molar-refractivity contribution in [1.82, 2.24) is 4.90 Å². The summed E-state index contributed by atoms with van der Waals surface area (Å²) in [5.74, 6) is -0.651. The first-order valence-corrected chi connectivity index (χ1v) is 6.33. The van der Waals surface area contributed by atoms with Crippen LogP contribution in [0.4, 0.5) is 0 Å². The lowest BCUT2D eigenvalue weighted by atomic mass is 9.99. The van der Waals surface area contributed by atoms with Crippen molar-refractivity contribution in [2.45, 2.75) is 31.3 Å². The van der Waals surface area contributed by atoms with E-state index < -0.39 is 18.1 Å². The van der Waals surface area contributed by atoms with E-state index in [0.29, 0.717) is 11.3 Å². The predicted molar refractivity (Wildman–Crippen MR) is 76.5 cm³/mol. The fourth-order valence-corrected chi connectivity index (χ4v) is 3.36. The van der Waals surface area contributed by atoms with Gasteiger partial charge in [-0.25, -0.2) is 4.79 Å². The van der Waals surface area contributed by atoms with Crippen LogP contribution < -0.4 is 0 Å². The van der Waals surface area contributed by atoms with Gasteiger partial charge in [0, 0.05) is 11.5 Å². The molecule has 0 bridgehead atoms. The average Bonchev–Trinajstić information content (AvgIpc) is 2.24. The number of β-lactam (4-membered cyclic amide) rings is 1. The maximum atomic E-state index is 11.9. The molecule has 0 saturated carbocycles. The molecule has 2 fully saturated rings. The van der Waals surface area contributed by atoms with Gasteiger partial charge in [0.15, 0.2) is 12.1 Å². The Hall–Kier alpha value is -0.820. The first kappa shape index (κ1) is 15.2. The Labute approximate surface area is 120 Å². The first-order chi connectivity index (χ1) is 7.93. The third-order valence-electron chi connectivity index (χ3n) is 2.79. The van der Waals surface area contributed by atoms with Crippen molar-refractivity contribution in [3.63, 3.8) is 0 Å². The lowest BCUT2D eigenvalue weighted by Crippen LogP contribution is -2.69. The summed E-state index contributed by atoms with van der Waals surface area (Å²) in [5.41, 5.74) is 1.41. The maximum absolute atomic E-state index is 11.9. The van der Waals surface area contributed by atoms with Crippen LogP contribution >= 0.6 is 28.7 Å². The van der Waals surface area contributed by atoms with E-state index >= 15 is 0 Å². The average molecular weight is 335 g/mol. The Morgan fingerprint density at radius 3 is 2.67 bits per heavy atom. The van der Waals surface area contributed by atoms with E-state index in [1.54, 1.807) is 0 Å². The number of nitrogens with zero attached hydrogens (tertiary/aromatic N) is 2. The molecule has 0 aliphatic carbocycles. The lowest BCUT2D eigenvalue weighted by molar-refractivity contribution is -0.157. The molecule has 2 aliphatic rings. The predicted octanol–water partition coefficient (Wildman–Crippen LogP) is 1.34. The Morgan fingerprint density at radius 2 is 2.17 bits per heavy atom. The zero-order valence-corrected chi connectivity index (χ0v) is 12.7. The van der Waals surface area contributed by atoms with Crippen molar-refractivity contribution in [2.75, 3.05) is 5.75 Å². The molecular formula is C11H15BrN2O3S. The second kappa shape index (κ2) is 5.44. The quantitative estimate of drug-likeness (QED) is 0.470. The van der Waals surface area contributed by atoms with E-state index in [4.69, 9.17) is 5.11 Å². The minimum absolute atomic E-state index is 0. The molecule has 0 aromatic carbocycles. The van der Waals surface area contributed by atoms with Gasteiger partial charge in [0.25, 0.3) is 5.91 Å². The van der Waals surface area contributed by atoms with Gasteiger partial charge in [-0.1, -0.05) is 6.58 Å². The number of fused-ring (bicyclic) bond motifs is 1. The van der Waals surface area contributed by atoms with Gasteiger partial charge < -0.3 is 10.0 Å². The molecule has 1 N–H and O–H groups in total. The van der Waals surface area contributed by atoms with Gasteiger partial charge >= 0.3 is 5.97 Å². The number of carbonyl (C=O) groups excluding carboxylic acids is 1. The Kier molecular flexibility index (Phi) is 4.61. The number of rotatable bonds is 2. The monoisotopic (exact) mass is 334 g/mol. The number of carboxylic acid groups (broad SMARTS) is 1. The number of aliphatic carboxylic acids is 1. The molecule has 2 rings (SSSR count). The Bertz CT molecular complexity index is 434. The van der Waals surface area contributed by atoms with Crippen LogP contribution in [0.5, 0.6) is 0 Å². The zero-order valence-electron chi connectivity index (χ0n) is 10.1. The molecule has 1 amide bonds. The number of halogens is 1. The van der Waals surface area contributed by atoms with Crippen molar-refractivity contribution in [3.05, 3.63) is 12.2 Å². The van der Waals surface area contributed by atoms with Crippen molar-refractivity contribution < 1.29 is 14.7 Å². The molecule has 0 radical (unpaired) electrons. The summed E-state index contributed by atoms with van der Waals surface area (Å²) < 4.78 is 0. The van der Waals surface area contributed by atoms with Crippen LogP contribution in [0.3, 0.4) is 0 Å². The number of hydrogen-bond acceptors (Lipinski definition) is 4. The normalized spacial score (nSPS) is 29.9. The summed E-state index contributed by atoms with van der Waals surface area (Å²) in [7, 11) is 0. The van der Waals surface area contributed by atoms with Gasteiger partial charge in [-0.05, 0) is 19.4 Å². The van der Waals surface area contributed by atoms with E-state index in [2.05, 4.69) is 11.6 Å². The van der Waals surface area contributed by atoms with Crippen LogP contribution in [-0.2, 0) is 9.59 Å². The van der Waals surface area contributed by atoms with Crippen LogP contribution in [0.25, 0.3) is 0 Å². The highest BCUT2D eigenvalue weighted by Gasteiger charge is 2.55. The highest BCUT2D eigenvalue weighted by Crippen LogP contribution is 2.41. The summed E-state index contributed by atoms with van der Waals surface area (Å²) in [6.07, 6.45) is 0. The third kappa shape index (κ3) is 2.33. The Morgan fingerprint density at radius 1 is 1.56 bits per heavy atom. The topological polar surface area (TPSA) is 70.0 Å². The van der Waals surface area contributed by atoms with Crippen LogP contribution in [0, 0.1) is 0 Å². The fraction of sp³-hybridized carbons (Fsp3) is 0.545. The highest BCUT2D eigenvalue weighted by molar-refractivity contribution is 8.93. The second-order valence-corrected chi connectivity index (χ2v) is 5.47. The fourth-order valence-electron chi connectivity index (χ4n) is 2.07. The molecule has 0 spiro atoms. The highest BCUT2D eigenvalue weighted by atomic mass is 79.9. The van der Waals surface area contributed by atoms with E-state index in [1.807, 2.05) is 13.8 Å². The van der Waals surface area contributed by atoms with Crippen molar-refractivity contribution >= 4 is 46.3 Å². The van der Waals surface area contributed by atoms with Crippen molar-refractivity contribution in [1.29, 1.82) is 0 Å². The number of amides is 1. The SMILES string of the molecule is Br.C=C1CS[C@H]2C(N=C(C)C)C(=O)N2C1C(=O)O. The van der Waals surface area contributed by atoms with Gasteiger partial charge in [0.1, 0.15) is 5.37 Å². The molecule has 2 heterocycles. The second-order valence-electron chi connectivity index (χ2n) is 4.37. The van der Waals surface area contributed by atoms with Gasteiger partial charge in [0.05, 0.1) is 0 Å². The molecule has 5 nitrogen and oxygen atoms in total. The maximum Gasteiger partial charge on any atom is 0.330 e. The number of thioether (sulfide) groups is 1. The largest absolute Gasteiger partial charge is 0.479 e. The molecule has 0 aromatic rings. The molecule has 18 heavy (non-hydrogen) atoms. The number of carboxylic acids is 1. The van der Waals surface area contributed by atoms with Crippen LogP contribution in [-0.4, -0.2) is 50.8 Å². The van der Waals surface area contributed by atoms with E-state index in [9.17, 15) is 9.59 Å². The molecule has 100 valence electrons. The Balaban J connectivity index is 0.00000162. The third-order valence-corrected chi connectivity index (χ3v) is 4.15. The lowest BCUT2D eigenvalue weighted by Gasteiger charge is -2.51. The summed E-state index contributed by atoms with van der Waals surface area (Å²) in [6.45, 7) is 7.39. The van der Waals surface area contributed by atoms with Crippen LogP contribution in [0.15, 0.2) is 17.1 Å². The van der Waals surface area contributed by atoms with Crippen LogP contribution in [0.2, 0.25) is 0 Å². The molecule has 7 heteroatoms. The van der Waals surface area contributed by atoms with E-state index in [1.165, 1.54) is 16.7 Å². The molecule has 0 aromatic heterocycles. The first-order valence-electron chi connectivity index (χ1n) is 5.28. The minimum Gasteiger partial charge on any atom is -0.479 e. The number of carbonyl (C=O) groups is 2. The van der Waals surface area contributed by atoms with Crippen molar-refractivity contribution in [3.8, 4) is 0 Å². The van der Waals surface area contributed by atoms with Crippen molar-refractivity contribution in [2.24, 2.45) is 4.99 Å². The molecular weight excluding hydrogens is 320 g/mol. The van der Waals surface area contributed by atoms with Gasteiger partial charge in [-0.15, -0.1) is 28.7 Å². The molecule has 2 aliphatic heterocycles. The van der Waals surface area contributed by atoms with E-state index in [0.717, 1.165) is 5.71 Å². The number of aliphatic imine (C=N–C) groups is 1.